The van der Waals surface area contributed by atoms with E-state index in [9.17, 15) is 29.7 Å². The van der Waals surface area contributed by atoms with Crippen molar-refractivity contribution in [3.63, 3.8) is 0 Å². The molecule has 6 N–H and O–H groups in total. The predicted molar refractivity (Wildman–Crippen MR) is 252 cm³/mol. The van der Waals surface area contributed by atoms with Crippen molar-refractivity contribution in [3.8, 4) is 40.5 Å². The summed E-state index contributed by atoms with van der Waals surface area (Å²) in [5.74, 6) is -1.90. The van der Waals surface area contributed by atoms with Gasteiger partial charge in [0.15, 0.2) is 6.10 Å². The quantitative estimate of drug-likeness (QED) is 0.0468. The fraction of sp³-hybridized carbons (Fsp3) is 0.422. The lowest BCUT2D eigenvalue weighted by Gasteiger charge is -2.24. The second-order valence-electron chi connectivity index (χ2n) is 15.2. The third-order valence-electron chi connectivity index (χ3n) is 10.6. The SMILES string of the molecule is CC[C@H](C)[C@H](C)C(=O)N[C@@H](C)C(=O)O[C@H](COC(=O)[C@H](C)NC(=O)[C@@H](N)[C@@H](C)CC)COc1ccc(-c2c(C#N)c(N)nc(SCc3coc(-c4ccc(Cl)cc4)n3)c2C#N)cc1.Cl.Cl. The van der Waals surface area contributed by atoms with E-state index in [4.69, 9.17) is 41.7 Å². The van der Waals surface area contributed by atoms with Gasteiger partial charge in [0.1, 0.15) is 65.9 Å². The fourth-order valence-corrected chi connectivity index (χ4v) is 6.92. The number of esters is 2. The maximum absolute atomic E-state index is 13.2. The summed E-state index contributed by atoms with van der Waals surface area (Å²) in [4.78, 5) is 60.5. The minimum absolute atomic E-state index is 0. The number of oxazole rings is 1. The molecule has 2 amide bonds. The second-order valence-corrected chi connectivity index (χ2v) is 16.6. The molecular formula is C45H55Cl3N8O8S. The van der Waals surface area contributed by atoms with Crippen LogP contribution in [0.25, 0.3) is 22.6 Å². The van der Waals surface area contributed by atoms with Crippen LogP contribution >= 0.6 is 48.2 Å². The molecule has 2 aromatic heterocycles. The first-order valence-corrected chi connectivity index (χ1v) is 21.8. The lowest BCUT2D eigenvalue weighted by Crippen LogP contribution is -2.50. The number of nitrogens with two attached hydrogens (primary N) is 2. The van der Waals surface area contributed by atoms with E-state index >= 15 is 0 Å². The van der Waals surface area contributed by atoms with E-state index in [2.05, 4.69) is 32.7 Å². The summed E-state index contributed by atoms with van der Waals surface area (Å²) >= 11 is 7.21. The lowest BCUT2D eigenvalue weighted by atomic mass is 9.93. The first-order valence-electron chi connectivity index (χ1n) is 20.4. The molecule has 0 unspecified atom stereocenters. The normalized spacial score (nSPS) is 13.9. The Morgan fingerprint density at radius 2 is 1.40 bits per heavy atom. The van der Waals surface area contributed by atoms with Gasteiger partial charge in [-0.1, -0.05) is 83.0 Å². The van der Waals surface area contributed by atoms with Crippen molar-refractivity contribution in [1.82, 2.24) is 20.6 Å². The Balaban J connectivity index is 0.00000726. The second kappa shape index (κ2) is 26.4. The molecule has 0 bridgehead atoms. The number of carbonyl (C=O) groups excluding carboxylic acids is 4. The number of hydrogen-bond acceptors (Lipinski definition) is 15. The van der Waals surface area contributed by atoms with Crippen LogP contribution < -0.4 is 26.8 Å². The van der Waals surface area contributed by atoms with Crippen molar-refractivity contribution < 1.29 is 37.8 Å². The third kappa shape index (κ3) is 15.3. The molecule has 0 fully saturated rings. The Hall–Kier alpha value is -5.56. The number of carbonyl (C=O) groups is 4. The zero-order chi connectivity index (χ0) is 46.4. The Morgan fingerprint density at radius 1 is 0.815 bits per heavy atom. The average molecular weight is 974 g/mol. The average Bonchev–Trinajstić information content (AvgIpc) is 3.76. The van der Waals surface area contributed by atoms with Crippen molar-refractivity contribution in [1.29, 1.82) is 10.5 Å². The van der Waals surface area contributed by atoms with Crippen molar-refractivity contribution in [2.24, 2.45) is 23.5 Å². The van der Waals surface area contributed by atoms with E-state index in [0.29, 0.717) is 34.3 Å². The Bertz CT molecular complexity index is 2320. The monoisotopic (exact) mass is 972 g/mol. The van der Waals surface area contributed by atoms with Crippen LogP contribution in [0.1, 0.15) is 78.1 Å². The number of pyridine rings is 1. The van der Waals surface area contributed by atoms with Gasteiger partial charge in [-0.25, -0.2) is 19.6 Å². The summed E-state index contributed by atoms with van der Waals surface area (Å²) in [5, 5.41) is 26.5. The summed E-state index contributed by atoms with van der Waals surface area (Å²) in [6, 6.07) is 14.8. The van der Waals surface area contributed by atoms with Crippen molar-refractivity contribution in [3.05, 3.63) is 76.6 Å². The Kier molecular flexibility index (Phi) is 22.6. The number of nitrogen functional groups attached to an aromatic ring is 1. The van der Waals surface area contributed by atoms with E-state index in [1.807, 2.05) is 27.7 Å². The van der Waals surface area contributed by atoms with Gasteiger partial charge >= 0.3 is 11.9 Å². The summed E-state index contributed by atoms with van der Waals surface area (Å²) in [5.41, 5.74) is 14.5. The van der Waals surface area contributed by atoms with E-state index in [0.717, 1.165) is 12.0 Å². The third-order valence-corrected chi connectivity index (χ3v) is 11.8. The maximum Gasteiger partial charge on any atom is 0.328 e. The summed E-state index contributed by atoms with van der Waals surface area (Å²) in [6.07, 6.45) is 1.79. The lowest BCUT2D eigenvalue weighted by molar-refractivity contribution is -0.163. The first-order chi connectivity index (χ1) is 30.0. The van der Waals surface area contributed by atoms with Crippen molar-refractivity contribution in [2.45, 2.75) is 96.3 Å². The number of rotatable bonds is 21. The highest BCUT2D eigenvalue weighted by molar-refractivity contribution is 7.98. The molecule has 0 saturated heterocycles. The number of benzene rings is 2. The van der Waals surface area contributed by atoms with Crippen LogP contribution in [0.3, 0.4) is 0 Å². The molecule has 7 atom stereocenters. The fourth-order valence-electron chi connectivity index (χ4n) is 5.92. The number of anilines is 1. The van der Waals surface area contributed by atoms with Crippen molar-refractivity contribution in [2.75, 3.05) is 18.9 Å². The molecule has 4 aromatic rings. The molecule has 16 nitrogen and oxygen atoms in total. The number of thioether (sulfide) groups is 1. The van der Waals surface area contributed by atoms with Gasteiger partial charge in [-0.3, -0.25) is 9.59 Å². The number of nitrogens with one attached hydrogen (secondary N) is 2. The highest BCUT2D eigenvalue weighted by atomic mass is 35.5. The van der Waals surface area contributed by atoms with Crippen LogP contribution in [0.5, 0.6) is 5.75 Å². The number of halogens is 3. The summed E-state index contributed by atoms with van der Waals surface area (Å²) in [6.45, 7) is 11.6. The minimum Gasteiger partial charge on any atom is -0.490 e. The van der Waals surface area contributed by atoms with E-state index in [-0.39, 0.29) is 88.4 Å². The molecule has 0 aliphatic heterocycles. The molecule has 2 aromatic carbocycles. The van der Waals surface area contributed by atoms with Crippen molar-refractivity contribution >= 4 is 77.7 Å². The predicted octanol–water partition coefficient (Wildman–Crippen LogP) is 7.42. The molecule has 0 aliphatic carbocycles. The molecule has 65 heavy (non-hydrogen) atoms. The molecule has 0 spiro atoms. The van der Waals surface area contributed by atoms with Crippen LogP contribution in [-0.2, 0) is 34.4 Å². The number of nitriles is 2. The Labute approximate surface area is 400 Å². The first kappa shape index (κ1) is 55.6. The molecule has 2 heterocycles. The zero-order valence-electron chi connectivity index (χ0n) is 37.1. The van der Waals surface area contributed by atoms with Gasteiger partial charge in [-0.15, -0.1) is 24.8 Å². The highest BCUT2D eigenvalue weighted by Crippen LogP contribution is 2.37. The standard InChI is InChI=1S/C45H53ClN8O8S.2ClH/c1-8-24(3)26(5)40(55)51-28(7)45(58)62-34(22-61-44(57)27(6)52-41(56)38(49)25(4)9-2)21-59-33-16-12-29(13-17-33)37-35(18-47)39(50)54-43(36(37)19-48)63-23-32-20-60-42(53-32)30-10-14-31(46)15-11-30;;/h10-17,20,24-28,34,38H,8-9,21-23,49H2,1-7H3,(H2,50,54)(H,51,55)(H,52,56);2*1H/t24-,25-,26-,27-,28-,34-,38-;;/m0../s1. The van der Waals surface area contributed by atoms with Crippen LogP contribution in [0.4, 0.5) is 5.82 Å². The minimum atomic E-state index is -1.15. The molecular weight excluding hydrogens is 919 g/mol. The Morgan fingerprint density at radius 3 is 2.00 bits per heavy atom. The van der Waals surface area contributed by atoms with Crippen LogP contribution in [0, 0.1) is 40.4 Å². The summed E-state index contributed by atoms with van der Waals surface area (Å²) in [7, 11) is 0. The number of nitrogens with zero attached hydrogens (tertiary/aromatic N) is 4. The smallest absolute Gasteiger partial charge is 0.328 e. The van der Waals surface area contributed by atoms with Gasteiger partial charge in [0.25, 0.3) is 0 Å². The van der Waals surface area contributed by atoms with E-state index in [1.165, 1.54) is 31.9 Å². The van der Waals surface area contributed by atoms with Gasteiger partial charge in [-0.2, -0.15) is 10.5 Å². The van der Waals surface area contributed by atoms with Crippen LogP contribution in [-0.4, -0.2) is 71.2 Å². The summed E-state index contributed by atoms with van der Waals surface area (Å²) < 4.78 is 22.8. The zero-order valence-corrected chi connectivity index (χ0v) is 40.3. The van der Waals surface area contributed by atoms with E-state index < -0.39 is 48.7 Å². The van der Waals surface area contributed by atoms with Gasteiger partial charge < -0.3 is 40.7 Å². The molecule has 350 valence electrons. The van der Waals surface area contributed by atoms with Gasteiger partial charge in [0.05, 0.1) is 17.3 Å². The van der Waals surface area contributed by atoms with Crippen LogP contribution in [0.2, 0.25) is 5.02 Å². The molecule has 0 radical (unpaired) electrons. The largest absolute Gasteiger partial charge is 0.490 e. The number of aromatic nitrogens is 2. The highest BCUT2D eigenvalue weighted by Gasteiger charge is 2.29. The molecule has 4 rings (SSSR count). The number of ether oxygens (including phenoxy) is 3. The molecule has 0 saturated carbocycles. The van der Waals surface area contributed by atoms with Gasteiger partial charge in [0.2, 0.25) is 17.7 Å². The van der Waals surface area contributed by atoms with Gasteiger partial charge in [-0.05, 0) is 67.6 Å². The maximum atomic E-state index is 13.2. The molecule has 20 heteroatoms. The number of amides is 2. The van der Waals surface area contributed by atoms with Crippen LogP contribution in [0.15, 0.2) is 64.2 Å². The number of hydrogen-bond donors (Lipinski definition) is 4. The van der Waals surface area contributed by atoms with E-state index in [1.54, 1.807) is 55.5 Å². The van der Waals surface area contributed by atoms with Gasteiger partial charge in [0, 0.05) is 27.8 Å². The molecule has 0 aliphatic rings. The topological polar surface area (TPSA) is 259 Å².